The number of nitrogens with two attached hydrogens (primary N) is 1. The SMILES string of the molecule is CN[C@@H](C)C(N)[C@@H](C(=O)N1Cc2ccc(NC(=O)CCNC(=O)[C@]3(C)CN(C(=O)CN4C[C@@H](C)NC[C@@H]4CN4CCOC[C@H]4C)c4cc(Cc5ccc(F)cc5)ccc43)cc2[C@H]1C(=O)Nc1c(F)cccc1F)C1CCOCC1. The number of carbonyl (C=O) groups excluding carboxylic acids is 5. The van der Waals surface area contributed by atoms with E-state index in [-0.39, 0.29) is 86.2 Å². The molecule has 20 heteroatoms. The lowest BCUT2D eigenvalue weighted by molar-refractivity contribution is -0.146. The Bertz CT molecular complexity index is 2850. The Hall–Kier alpha value is -6.26. The van der Waals surface area contributed by atoms with Crippen molar-refractivity contribution in [3.05, 3.63) is 124 Å². The summed E-state index contributed by atoms with van der Waals surface area (Å²) in [5, 5.41) is 15.0. The van der Waals surface area contributed by atoms with Gasteiger partial charge >= 0.3 is 0 Å². The van der Waals surface area contributed by atoms with Crippen LogP contribution in [0.3, 0.4) is 0 Å². The number of morpholine rings is 1. The third-order valence-electron chi connectivity index (χ3n) is 16.8. The average Bonchev–Trinajstić information content (AvgIpc) is 4.23. The fourth-order valence-corrected chi connectivity index (χ4v) is 12.1. The summed E-state index contributed by atoms with van der Waals surface area (Å²) in [6.07, 6.45) is 1.48. The molecule has 5 aliphatic heterocycles. The predicted molar refractivity (Wildman–Crippen MR) is 295 cm³/mol. The summed E-state index contributed by atoms with van der Waals surface area (Å²) in [6.45, 7) is 13.3. The lowest BCUT2D eigenvalue weighted by Crippen LogP contribution is -2.62. The molecule has 5 amide bonds. The number of halogens is 3. The number of hydrogen-bond donors (Lipinski definition) is 6. The summed E-state index contributed by atoms with van der Waals surface area (Å²) in [4.78, 5) is 80.1. The highest BCUT2D eigenvalue weighted by Crippen LogP contribution is 2.43. The van der Waals surface area contributed by atoms with E-state index in [2.05, 4.69) is 50.2 Å². The molecule has 0 radical (unpaired) electrons. The van der Waals surface area contributed by atoms with Crippen LogP contribution in [0.1, 0.15) is 80.8 Å². The van der Waals surface area contributed by atoms with Gasteiger partial charge in [-0.3, -0.25) is 33.8 Å². The Labute approximate surface area is 460 Å². The van der Waals surface area contributed by atoms with Crippen LogP contribution in [0, 0.1) is 29.3 Å². The van der Waals surface area contributed by atoms with Crippen LogP contribution in [0.15, 0.2) is 78.9 Å². The largest absolute Gasteiger partial charge is 0.381 e. The predicted octanol–water partition coefficient (Wildman–Crippen LogP) is 4.83. The molecule has 9 rings (SSSR count). The molecule has 3 saturated heterocycles. The van der Waals surface area contributed by atoms with Crippen molar-refractivity contribution in [2.45, 2.75) is 102 Å². The molecule has 0 saturated carbocycles. The summed E-state index contributed by atoms with van der Waals surface area (Å²) in [7, 11) is 1.75. The molecule has 5 heterocycles. The number of likely N-dealkylation sites (N-methyl/N-ethyl adjacent to an activating group) is 1. The molecule has 1 unspecified atom stereocenters. The van der Waals surface area contributed by atoms with Crippen LogP contribution < -0.4 is 37.2 Å². The zero-order valence-electron chi connectivity index (χ0n) is 45.8. The zero-order chi connectivity index (χ0) is 56.1. The zero-order valence-corrected chi connectivity index (χ0v) is 45.8. The first kappa shape index (κ1) is 57.4. The van der Waals surface area contributed by atoms with Crippen molar-refractivity contribution in [2.24, 2.45) is 17.6 Å². The molecule has 4 aromatic rings. The van der Waals surface area contributed by atoms with E-state index in [1.807, 2.05) is 25.1 Å². The molecule has 0 bridgehead atoms. The minimum Gasteiger partial charge on any atom is -0.381 e. The van der Waals surface area contributed by atoms with Crippen LogP contribution >= 0.6 is 0 Å². The van der Waals surface area contributed by atoms with Gasteiger partial charge in [0, 0.05) is 107 Å². The number of hydrogen-bond acceptors (Lipinski definition) is 12. The number of ether oxygens (including phenoxy) is 2. The summed E-state index contributed by atoms with van der Waals surface area (Å²) < 4.78 is 55.2. The number of carbonyl (C=O) groups is 5. The standard InChI is InChI=1S/C59H75F3N10O7/c1-35-29-70(44(28-66-35)31-69-21-24-79-33-36(69)2)32-51(74)72-34-59(4,46-16-11-39(26-49(46)72)25-38-9-13-42(60)14-10-38)58(77)65-20-17-50(73)67-43-15-12-41-30-71(57(76)52(53(63)37(3)64-5)40-18-22-78-23-19-40)55(45(41)27-43)56(75)68-54-47(61)7-6-8-48(54)62/h6-16,26-27,35-37,40,44,52-53,55,64,66H,17-25,28-34,63H2,1-5H3,(H,65,77)(H,67,73)(H,68,75)/t35-,36-,37+,44-,52+,53?,55+,59-/m1/s1. The minimum atomic E-state index is -1.35. The van der Waals surface area contributed by atoms with E-state index in [9.17, 15) is 28.4 Å². The number of nitrogens with one attached hydrogen (secondary N) is 5. The van der Waals surface area contributed by atoms with Crippen molar-refractivity contribution in [2.75, 3.05) is 94.8 Å². The fraction of sp³-hybridized carbons (Fsp3) is 0.508. The van der Waals surface area contributed by atoms with E-state index in [1.165, 1.54) is 23.1 Å². The van der Waals surface area contributed by atoms with E-state index in [1.54, 1.807) is 49.2 Å². The van der Waals surface area contributed by atoms with Gasteiger partial charge in [-0.2, -0.15) is 0 Å². The maximum Gasteiger partial charge on any atom is 0.252 e. The molecule has 0 aliphatic carbocycles. The highest BCUT2D eigenvalue weighted by atomic mass is 19.1. The molecular weight excluding hydrogens is 1020 g/mol. The van der Waals surface area contributed by atoms with E-state index in [0.717, 1.165) is 42.9 Å². The second-order valence-corrected chi connectivity index (χ2v) is 22.3. The summed E-state index contributed by atoms with van der Waals surface area (Å²) in [6, 6.07) is 18.4. The lowest BCUT2D eigenvalue weighted by atomic mass is 9.78. The van der Waals surface area contributed by atoms with Gasteiger partial charge in [0.15, 0.2) is 0 Å². The molecule has 5 aliphatic rings. The third-order valence-corrected chi connectivity index (χ3v) is 16.8. The van der Waals surface area contributed by atoms with E-state index in [0.29, 0.717) is 80.3 Å². The first-order chi connectivity index (χ1) is 37.9. The average molecular weight is 1090 g/mol. The number of anilines is 3. The van der Waals surface area contributed by atoms with Crippen molar-refractivity contribution < 1.29 is 46.6 Å². The Kier molecular flexibility index (Phi) is 18.2. The van der Waals surface area contributed by atoms with Crippen LogP contribution in [-0.2, 0) is 51.8 Å². The highest BCUT2D eigenvalue weighted by Gasteiger charge is 2.48. The molecule has 3 fully saturated rings. The monoisotopic (exact) mass is 1090 g/mol. The van der Waals surface area contributed by atoms with Crippen LogP contribution in [0.4, 0.5) is 30.2 Å². The van der Waals surface area contributed by atoms with Crippen molar-refractivity contribution in [1.29, 1.82) is 0 Å². The number of fused-ring (bicyclic) bond motifs is 2. The Morgan fingerprint density at radius 3 is 2.34 bits per heavy atom. The van der Waals surface area contributed by atoms with Gasteiger partial charge in [-0.25, -0.2) is 13.2 Å². The second-order valence-electron chi connectivity index (χ2n) is 22.3. The van der Waals surface area contributed by atoms with E-state index in [4.69, 9.17) is 15.2 Å². The van der Waals surface area contributed by atoms with Gasteiger partial charge in [0.05, 0.1) is 31.1 Å². The minimum absolute atomic E-state index is 0.00312. The molecule has 7 N–H and O–H groups in total. The second kappa shape index (κ2) is 25.0. The number of piperazine rings is 1. The first-order valence-corrected chi connectivity index (χ1v) is 27.7. The molecule has 79 heavy (non-hydrogen) atoms. The van der Waals surface area contributed by atoms with Crippen molar-refractivity contribution in [1.82, 2.24) is 30.7 Å². The van der Waals surface area contributed by atoms with Gasteiger partial charge in [0.1, 0.15) is 29.2 Å². The molecule has 424 valence electrons. The molecule has 4 aromatic carbocycles. The van der Waals surface area contributed by atoms with Gasteiger partial charge in [-0.05, 0) is 130 Å². The Morgan fingerprint density at radius 2 is 1.62 bits per heavy atom. The number of benzene rings is 4. The summed E-state index contributed by atoms with van der Waals surface area (Å²) in [5.41, 5.74) is 9.28. The fourth-order valence-electron chi connectivity index (χ4n) is 12.1. The van der Waals surface area contributed by atoms with Gasteiger partial charge < -0.3 is 51.6 Å². The molecule has 0 aromatic heterocycles. The maximum atomic E-state index is 15.0. The summed E-state index contributed by atoms with van der Waals surface area (Å²) in [5.74, 6) is -5.42. The van der Waals surface area contributed by atoms with Crippen molar-refractivity contribution in [3.8, 4) is 0 Å². The van der Waals surface area contributed by atoms with Gasteiger partial charge in [-0.15, -0.1) is 0 Å². The molecule has 8 atom stereocenters. The Morgan fingerprint density at radius 1 is 0.886 bits per heavy atom. The molecule has 17 nitrogen and oxygen atoms in total. The van der Waals surface area contributed by atoms with Gasteiger partial charge in [-0.1, -0.05) is 36.4 Å². The smallest absolute Gasteiger partial charge is 0.252 e. The van der Waals surface area contributed by atoms with Crippen molar-refractivity contribution in [3.63, 3.8) is 0 Å². The number of rotatable bonds is 18. The quantitative estimate of drug-likeness (QED) is 0.0795. The number of para-hydroxylation sites is 1. The molecular formula is C59H75F3N10O7. The van der Waals surface area contributed by atoms with Crippen LogP contribution in [0.2, 0.25) is 0 Å². The topological polar surface area (TPSA) is 203 Å². The normalized spacial score (nSPS) is 23.8. The third kappa shape index (κ3) is 12.9. The van der Waals surface area contributed by atoms with E-state index >= 15 is 8.78 Å². The van der Waals surface area contributed by atoms with Crippen LogP contribution in [0.25, 0.3) is 0 Å². The number of nitrogens with zero attached hydrogens (tertiary/aromatic N) is 4. The summed E-state index contributed by atoms with van der Waals surface area (Å²) >= 11 is 0. The maximum absolute atomic E-state index is 15.0. The van der Waals surface area contributed by atoms with Gasteiger partial charge in [0.2, 0.25) is 23.6 Å². The number of amides is 5. The van der Waals surface area contributed by atoms with Crippen LogP contribution in [-0.4, -0.2) is 154 Å². The molecule has 0 spiro atoms. The van der Waals surface area contributed by atoms with Crippen LogP contribution in [0.5, 0.6) is 0 Å². The lowest BCUT2D eigenvalue weighted by Gasteiger charge is -2.43. The van der Waals surface area contributed by atoms with E-state index < -0.39 is 52.6 Å². The Balaban J connectivity index is 0.906. The van der Waals surface area contributed by atoms with Gasteiger partial charge in [0.25, 0.3) is 5.91 Å². The van der Waals surface area contributed by atoms with Crippen molar-refractivity contribution >= 4 is 46.6 Å². The first-order valence-electron chi connectivity index (χ1n) is 27.7. The highest BCUT2D eigenvalue weighted by molar-refractivity contribution is 6.03.